The molecule has 57 heavy (non-hydrogen) atoms. The Morgan fingerprint density at radius 3 is 2.54 bits per heavy atom. The van der Waals surface area contributed by atoms with Gasteiger partial charge in [-0.3, -0.25) is 24.0 Å². The van der Waals surface area contributed by atoms with Crippen molar-refractivity contribution in [3.63, 3.8) is 0 Å². The Morgan fingerprint density at radius 1 is 1.16 bits per heavy atom. The Labute approximate surface area is 335 Å². The van der Waals surface area contributed by atoms with Gasteiger partial charge in [-0.25, -0.2) is 13.2 Å². The molecule has 7 rings (SSSR count). The first-order chi connectivity index (χ1) is 26.9. The Kier molecular flexibility index (Phi) is 10.8. The van der Waals surface area contributed by atoms with Crippen molar-refractivity contribution in [2.45, 2.75) is 140 Å². The summed E-state index contributed by atoms with van der Waals surface area (Å²) < 4.78 is 40.3. The summed E-state index contributed by atoms with van der Waals surface area (Å²) in [4.78, 5) is 64.6. The number of nitrogens with one attached hydrogen (secondary N) is 2. The number of carbonyl (C=O) groups is 4. The van der Waals surface area contributed by atoms with E-state index in [-0.39, 0.29) is 31.2 Å². The van der Waals surface area contributed by atoms with E-state index in [0.717, 1.165) is 35.6 Å². The Bertz CT molecular complexity index is 2080. The number of hydrogen-bond acceptors (Lipinski definition) is 9. The van der Waals surface area contributed by atoms with Crippen molar-refractivity contribution in [1.29, 1.82) is 0 Å². The molecule has 14 nitrogen and oxygen atoms in total. The molecule has 5 aliphatic rings. The van der Waals surface area contributed by atoms with Crippen molar-refractivity contribution in [3.8, 4) is 11.8 Å². The van der Waals surface area contributed by atoms with Crippen LogP contribution in [0.25, 0.3) is 10.8 Å². The number of sulfonamides is 1. The van der Waals surface area contributed by atoms with Crippen molar-refractivity contribution >= 4 is 44.6 Å². The number of benzene rings is 1. The summed E-state index contributed by atoms with van der Waals surface area (Å²) in [6, 6.07) is 5.43. The lowest BCUT2D eigenvalue weighted by Crippen LogP contribution is -2.62. The predicted molar refractivity (Wildman–Crippen MR) is 213 cm³/mol. The zero-order chi connectivity index (χ0) is 41.1. The van der Waals surface area contributed by atoms with Crippen LogP contribution in [-0.2, 0) is 30.8 Å². The lowest BCUT2D eigenvalue weighted by Gasteiger charge is -2.44. The van der Waals surface area contributed by atoms with Gasteiger partial charge in [-0.15, -0.1) is 0 Å². The van der Waals surface area contributed by atoms with E-state index in [0.29, 0.717) is 50.5 Å². The minimum Gasteiger partial charge on any atom is -0.477 e. The minimum atomic E-state index is -4.02. The van der Waals surface area contributed by atoms with Crippen LogP contribution >= 0.6 is 0 Å². The van der Waals surface area contributed by atoms with Gasteiger partial charge >= 0.3 is 6.09 Å². The first-order valence-corrected chi connectivity index (χ1v) is 22.0. The van der Waals surface area contributed by atoms with Crippen LogP contribution in [0.15, 0.2) is 36.4 Å². The topological polar surface area (TPSA) is 185 Å². The van der Waals surface area contributed by atoms with Crippen molar-refractivity contribution in [3.05, 3.63) is 42.0 Å². The molecule has 4 amide bonds. The summed E-state index contributed by atoms with van der Waals surface area (Å²) in [7, 11) is -4.02. The summed E-state index contributed by atoms with van der Waals surface area (Å²) in [6.45, 7) is 11.4. The largest absolute Gasteiger partial charge is 0.477 e. The number of fused-ring (bicyclic) bond motifs is 5. The van der Waals surface area contributed by atoms with Crippen molar-refractivity contribution in [1.82, 2.24) is 24.8 Å². The van der Waals surface area contributed by atoms with Crippen LogP contribution in [0, 0.1) is 17.8 Å². The van der Waals surface area contributed by atoms with E-state index in [1.54, 1.807) is 27.7 Å². The maximum absolute atomic E-state index is 15.3. The van der Waals surface area contributed by atoms with Gasteiger partial charge < -0.3 is 24.8 Å². The third kappa shape index (κ3) is 7.80. The maximum Gasteiger partial charge on any atom is 0.408 e. The van der Waals surface area contributed by atoms with Gasteiger partial charge in [-0.1, -0.05) is 50.6 Å². The minimum absolute atomic E-state index is 0.0165. The Balaban J connectivity index is 1.29. The highest BCUT2D eigenvalue weighted by Gasteiger charge is 2.63. The standard InChI is InChI=1S/C42H57N5O9S/c1-7-26-21-25(2)13-8-9-14-27-23-42(27,38(50)45-57(53,54)41(6)18-19-41)44-34(48)32-22-28(24-46(32)37(49)33(26)47(39(51)52)40(3,4)5)56-36-31-16-11-10-15-29(31)30-17-12-20-55-35(30)43-36/h9-11,14-16,25-28,32-33H,7-8,12-13,17-24H2,1-6H3,(H,44,48)(H,45,50)(H,51,52)/b14-9-/t25-,26-,27-,28-,32+,33+,42-/m1/s1. The van der Waals surface area contributed by atoms with E-state index in [1.165, 1.54) is 9.80 Å². The lowest BCUT2D eigenvalue weighted by atomic mass is 9.82. The molecule has 2 aliphatic carbocycles. The molecule has 15 heteroatoms. The molecule has 3 fully saturated rings. The van der Waals surface area contributed by atoms with Crippen LogP contribution in [0.3, 0.4) is 0 Å². The number of amides is 4. The van der Waals surface area contributed by atoms with E-state index in [1.807, 2.05) is 43.3 Å². The zero-order valence-electron chi connectivity index (χ0n) is 33.9. The molecule has 0 bridgehead atoms. The van der Waals surface area contributed by atoms with Gasteiger partial charge in [-0.2, -0.15) is 4.98 Å². The number of ether oxygens (including phenoxy) is 2. The number of carbonyl (C=O) groups excluding carboxylic acids is 3. The zero-order valence-corrected chi connectivity index (χ0v) is 34.7. The fourth-order valence-electron chi connectivity index (χ4n) is 9.05. The number of hydrogen-bond donors (Lipinski definition) is 3. The Hall–Kier alpha value is -4.40. The molecule has 4 heterocycles. The molecule has 3 aliphatic heterocycles. The molecule has 0 unspecified atom stereocenters. The molecular formula is C42H57N5O9S. The predicted octanol–water partition coefficient (Wildman–Crippen LogP) is 5.33. The van der Waals surface area contributed by atoms with Gasteiger partial charge in [-0.05, 0) is 102 Å². The van der Waals surface area contributed by atoms with Gasteiger partial charge in [0, 0.05) is 28.8 Å². The number of pyridine rings is 1. The van der Waals surface area contributed by atoms with Crippen molar-refractivity contribution < 1.29 is 42.2 Å². The molecule has 1 aromatic carbocycles. The lowest BCUT2D eigenvalue weighted by molar-refractivity contribution is -0.146. The second-order valence-corrected chi connectivity index (χ2v) is 20.3. The van der Waals surface area contributed by atoms with E-state index < -0.39 is 73.8 Å². The van der Waals surface area contributed by atoms with Crippen molar-refractivity contribution in [2.24, 2.45) is 17.8 Å². The summed E-state index contributed by atoms with van der Waals surface area (Å²) >= 11 is 0. The van der Waals surface area contributed by atoms with Crippen LogP contribution in [0.2, 0.25) is 0 Å². The fraction of sp³-hybridized carbons (Fsp3) is 0.643. The molecule has 2 aromatic rings. The highest BCUT2D eigenvalue weighted by Crippen LogP contribution is 2.48. The second-order valence-electron chi connectivity index (χ2n) is 18.1. The number of aryl methyl sites for hydroxylation is 1. The third-order valence-corrected chi connectivity index (χ3v) is 15.0. The first-order valence-electron chi connectivity index (χ1n) is 20.5. The fourth-order valence-corrected chi connectivity index (χ4v) is 10.4. The van der Waals surface area contributed by atoms with Gasteiger partial charge in [0.2, 0.25) is 33.6 Å². The molecule has 2 saturated carbocycles. The molecule has 3 N–H and O–H groups in total. The number of allylic oxidation sites excluding steroid dienone is 1. The summed E-state index contributed by atoms with van der Waals surface area (Å²) in [5, 5.41) is 15.4. The van der Waals surface area contributed by atoms with E-state index in [2.05, 4.69) is 17.0 Å². The molecule has 0 spiro atoms. The van der Waals surface area contributed by atoms with Crippen LogP contribution < -0.4 is 19.5 Å². The molecule has 0 radical (unpaired) electrons. The van der Waals surface area contributed by atoms with Crippen molar-refractivity contribution in [2.75, 3.05) is 13.2 Å². The highest BCUT2D eigenvalue weighted by atomic mass is 32.2. The quantitative estimate of drug-likeness (QED) is 0.309. The van der Waals surface area contributed by atoms with E-state index in [9.17, 15) is 27.9 Å². The average molecular weight is 808 g/mol. The van der Waals surface area contributed by atoms with Crippen LogP contribution in [0.5, 0.6) is 11.8 Å². The first kappa shape index (κ1) is 40.8. The molecule has 1 aromatic heterocycles. The molecule has 7 atom stereocenters. The number of aromatic nitrogens is 1. The SMILES string of the molecule is CC[C@@H]1C[C@H](C)CC/C=C\[C@@H]2C[C@@]2(C(=O)NS(=O)(=O)C2(C)CC2)NC(=O)[C@@H]2C[C@@H](Oc3nc4c(c5ccccc35)CCCO4)CN2C(=O)[C@H]1N(C(=O)O)C(C)(C)C. The summed E-state index contributed by atoms with van der Waals surface area (Å²) in [5.41, 5.74) is -1.53. The monoisotopic (exact) mass is 807 g/mol. The number of carboxylic acid groups (broad SMARTS) is 1. The average Bonchev–Trinajstić information content (AvgIpc) is 4.03. The molecule has 1 saturated heterocycles. The van der Waals surface area contributed by atoms with Gasteiger partial charge in [0.05, 0.1) is 17.9 Å². The highest BCUT2D eigenvalue weighted by molar-refractivity contribution is 7.91. The van der Waals surface area contributed by atoms with E-state index >= 15 is 4.79 Å². The second kappa shape index (κ2) is 15.1. The summed E-state index contributed by atoms with van der Waals surface area (Å²) in [5.74, 6) is -1.92. The molecular weight excluding hydrogens is 751 g/mol. The molecule has 310 valence electrons. The van der Waals surface area contributed by atoms with Gasteiger partial charge in [0.25, 0.3) is 5.91 Å². The van der Waals surface area contributed by atoms with Gasteiger partial charge in [0.15, 0.2) is 0 Å². The van der Waals surface area contributed by atoms with Crippen LogP contribution in [0.1, 0.15) is 105 Å². The van der Waals surface area contributed by atoms with Crippen LogP contribution in [-0.4, -0.2) is 99.3 Å². The Morgan fingerprint density at radius 2 is 1.88 bits per heavy atom. The smallest absolute Gasteiger partial charge is 0.408 e. The van der Waals surface area contributed by atoms with Crippen LogP contribution in [0.4, 0.5) is 4.79 Å². The summed E-state index contributed by atoms with van der Waals surface area (Å²) in [6.07, 6.45) is 7.06. The third-order valence-electron chi connectivity index (χ3n) is 12.8. The normalized spacial score (nSPS) is 30.6. The van der Waals surface area contributed by atoms with E-state index in [4.69, 9.17) is 14.5 Å². The van der Waals surface area contributed by atoms with Gasteiger partial charge in [0.1, 0.15) is 23.7 Å². The maximum atomic E-state index is 15.3. The number of rotatable bonds is 7. The number of nitrogens with zero attached hydrogens (tertiary/aromatic N) is 3.